The van der Waals surface area contributed by atoms with Crippen molar-refractivity contribution in [3.8, 4) is 0 Å². The van der Waals surface area contributed by atoms with E-state index in [1.165, 1.54) is 0 Å². The van der Waals surface area contributed by atoms with E-state index in [1.54, 1.807) is 13.8 Å². The molecule has 0 aromatic heterocycles. The molecule has 0 aromatic rings. The van der Waals surface area contributed by atoms with Crippen LogP contribution in [0.1, 0.15) is 13.8 Å². The van der Waals surface area contributed by atoms with E-state index in [-0.39, 0.29) is 17.7 Å². The molecule has 1 aliphatic rings. The summed E-state index contributed by atoms with van der Waals surface area (Å²) < 4.78 is 0. The maximum atomic E-state index is 10.9. The number of carboxylic acids is 1. The van der Waals surface area contributed by atoms with Crippen molar-refractivity contribution < 1.29 is 14.7 Å². The van der Waals surface area contributed by atoms with Crippen LogP contribution in [-0.2, 0) is 9.59 Å². The van der Waals surface area contributed by atoms with Crippen LogP contribution >= 0.6 is 0 Å². The third-order valence-electron chi connectivity index (χ3n) is 2.29. The van der Waals surface area contributed by atoms with Gasteiger partial charge in [0.25, 0.3) is 0 Å². The second-order valence-corrected chi connectivity index (χ2v) is 2.97. The van der Waals surface area contributed by atoms with E-state index in [9.17, 15) is 9.59 Å². The van der Waals surface area contributed by atoms with Crippen molar-refractivity contribution >= 4 is 11.9 Å². The van der Waals surface area contributed by atoms with Crippen LogP contribution in [0.4, 0.5) is 0 Å². The van der Waals surface area contributed by atoms with Crippen LogP contribution in [0.5, 0.6) is 0 Å². The standard InChI is InChI=1S/C7H11NO3/c1-3-4(2)6(9)8-5(3)7(10)11/h3-5H,1-2H3,(H,8,9)(H,10,11)/t3?,4?,5-/m0/s1. The van der Waals surface area contributed by atoms with Crippen molar-refractivity contribution in [2.24, 2.45) is 11.8 Å². The lowest BCUT2D eigenvalue weighted by atomic mass is 9.94. The third kappa shape index (κ3) is 1.20. The van der Waals surface area contributed by atoms with Gasteiger partial charge >= 0.3 is 5.97 Å². The van der Waals surface area contributed by atoms with Crippen LogP contribution in [0.25, 0.3) is 0 Å². The monoisotopic (exact) mass is 157 g/mol. The summed E-state index contributed by atoms with van der Waals surface area (Å²) in [5.41, 5.74) is 0. The minimum atomic E-state index is -0.949. The second kappa shape index (κ2) is 2.53. The number of amides is 1. The van der Waals surface area contributed by atoms with E-state index in [0.29, 0.717) is 0 Å². The van der Waals surface area contributed by atoms with E-state index in [1.807, 2.05) is 0 Å². The number of hydrogen-bond donors (Lipinski definition) is 2. The zero-order valence-electron chi connectivity index (χ0n) is 6.50. The molecule has 11 heavy (non-hydrogen) atoms. The lowest BCUT2D eigenvalue weighted by Crippen LogP contribution is -2.35. The summed E-state index contributed by atoms with van der Waals surface area (Å²) in [5.74, 6) is -1.41. The topological polar surface area (TPSA) is 66.4 Å². The fraction of sp³-hybridized carbons (Fsp3) is 0.714. The molecule has 0 bridgehead atoms. The zero-order valence-corrected chi connectivity index (χ0v) is 6.50. The van der Waals surface area contributed by atoms with Gasteiger partial charge < -0.3 is 10.4 Å². The average Bonchev–Trinajstić information content (AvgIpc) is 2.17. The number of carboxylic acid groups (broad SMARTS) is 1. The molecule has 2 unspecified atom stereocenters. The molecule has 2 N–H and O–H groups in total. The lowest BCUT2D eigenvalue weighted by molar-refractivity contribution is -0.140. The molecular weight excluding hydrogens is 146 g/mol. The predicted octanol–water partition coefficient (Wildman–Crippen LogP) is -0.158. The first kappa shape index (κ1) is 8.04. The lowest BCUT2D eigenvalue weighted by Gasteiger charge is -2.10. The van der Waals surface area contributed by atoms with Gasteiger partial charge in [-0.05, 0) is 5.92 Å². The SMILES string of the molecule is CC1C(=O)N[C@H](C(=O)O)C1C. The van der Waals surface area contributed by atoms with Crippen LogP contribution in [0, 0.1) is 11.8 Å². The largest absolute Gasteiger partial charge is 0.480 e. The molecule has 4 nitrogen and oxygen atoms in total. The normalized spacial score (nSPS) is 36.9. The number of nitrogens with one attached hydrogen (secondary N) is 1. The van der Waals surface area contributed by atoms with Gasteiger partial charge in [0.15, 0.2) is 0 Å². The van der Waals surface area contributed by atoms with Gasteiger partial charge in [-0.15, -0.1) is 0 Å². The molecule has 1 fully saturated rings. The maximum Gasteiger partial charge on any atom is 0.326 e. The first-order valence-corrected chi connectivity index (χ1v) is 3.57. The Labute approximate surface area is 64.6 Å². The molecule has 0 spiro atoms. The fourth-order valence-electron chi connectivity index (χ4n) is 1.23. The number of carbonyl (C=O) groups is 2. The Morgan fingerprint density at radius 2 is 2.09 bits per heavy atom. The highest BCUT2D eigenvalue weighted by Crippen LogP contribution is 2.22. The van der Waals surface area contributed by atoms with Crippen molar-refractivity contribution in [1.29, 1.82) is 0 Å². The molecule has 1 rings (SSSR count). The molecule has 0 aliphatic carbocycles. The van der Waals surface area contributed by atoms with E-state index in [2.05, 4.69) is 5.32 Å². The van der Waals surface area contributed by atoms with Crippen LogP contribution in [0.2, 0.25) is 0 Å². The molecule has 62 valence electrons. The van der Waals surface area contributed by atoms with Crippen molar-refractivity contribution in [2.45, 2.75) is 19.9 Å². The summed E-state index contributed by atoms with van der Waals surface area (Å²) >= 11 is 0. The second-order valence-electron chi connectivity index (χ2n) is 2.97. The number of rotatable bonds is 1. The molecule has 0 saturated carbocycles. The van der Waals surface area contributed by atoms with E-state index in [0.717, 1.165) is 0 Å². The Morgan fingerprint density at radius 1 is 1.55 bits per heavy atom. The van der Waals surface area contributed by atoms with Crippen molar-refractivity contribution in [3.05, 3.63) is 0 Å². The highest BCUT2D eigenvalue weighted by atomic mass is 16.4. The summed E-state index contributed by atoms with van der Waals surface area (Å²) in [6.45, 7) is 3.50. The van der Waals surface area contributed by atoms with Crippen LogP contribution < -0.4 is 5.32 Å². The highest BCUT2D eigenvalue weighted by Gasteiger charge is 2.40. The van der Waals surface area contributed by atoms with Crippen molar-refractivity contribution in [2.75, 3.05) is 0 Å². The quantitative estimate of drug-likeness (QED) is 0.556. The van der Waals surface area contributed by atoms with Gasteiger partial charge in [-0.1, -0.05) is 13.8 Å². The van der Waals surface area contributed by atoms with E-state index < -0.39 is 12.0 Å². The summed E-state index contributed by atoms with van der Waals surface area (Å²) in [6.07, 6.45) is 0. The van der Waals surface area contributed by atoms with Gasteiger partial charge in [0.2, 0.25) is 5.91 Å². The summed E-state index contributed by atoms with van der Waals surface area (Å²) in [6, 6.07) is -0.697. The fourth-order valence-corrected chi connectivity index (χ4v) is 1.23. The first-order valence-electron chi connectivity index (χ1n) is 3.57. The summed E-state index contributed by atoms with van der Waals surface area (Å²) in [7, 11) is 0. The Balaban J connectivity index is 2.74. The molecular formula is C7H11NO3. The average molecular weight is 157 g/mol. The smallest absolute Gasteiger partial charge is 0.326 e. The summed E-state index contributed by atoms with van der Waals surface area (Å²) in [4.78, 5) is 21.4. The number of aliphatic carboxylic acids is 1. The number of hydrogen-bond acceptors (Lipinski definition) is 2. The van der Waals surface area contributed by atoms with Gasteiger partial charge in [0, 0.05) is 5.92 Å². The van der Waals surface area contributed by atoms with Gasteiger partial charge in [-0.25, -0.2) is 4.79 Å². The molecule has 1 amide bonds. The molecule has 3 atom stereocenters. The molecule has 1 heterocycles. The number of carbonyl (C=O) groups excluding carboxylic acids is 1. The molecule has 4 heteroatoms. The van der Waals surface area contributed by atoms with Gasteiger partial charge in [0.1, 0.15) is 6.04 Å². The summed E-state index contributed by atoms with van der Waals surface area (Å²) in [5, 5.41) is 11.0. The van der Waals surface area contributed by atoms with Crippen LogP contribution in [-0.4, -0.2) is 23.0 Å². The minimum absolute atomic E-state index is 0.111. The predicted molar refractivity (Wildman–Crippen MR) is 37.9 cm³/mol. The van der Waals surface area contributed by atoms with E-state index in [4.69, 9.17) is 5.11 Å². The van der Waals surface area contributed by atoms with Crippen molar-refractivity contribution in [3.63, 3.8) is 0 Å². The molecule has 1 saturated heterocycles. The third-order valence-corrected chi connectivity index (χ3v) is 2.29. The first-order chi connectivity index (χ1) is 5.04. The Kier molecular flexibility index (Phi) is 1.85. The minimum Gasteiger partial charge on any atom is -0.480 e. The van der Waals surface area contributed by atoms with Crippen LogP contribution in [0.15, 0.2) is 0 Å². The Hall–Kier alpha value is -1.06. The van der Waals surface area contributed by atoms with Crippen molar-refractivity contribution in [1.82, 2.24) is 5.32 Å². The zero-order chi connectivity index (χ0) is 8.59. The Bertz CT molecular complexity index is 202. The maximum absolute atomic E-state index is 10.9. The Morgan fingerprint density at radius 3 is 2.27 bits per heavy atom. The van der Waals surface area contributed by atoms with Gasteiger partial charge in [0.05, 0.1) is 0 Å². The van der Waals surface area contributed by atoms with Gasteiger partial charge in [-0.3, -0.25) is 4.79 Å². The van der Waals surface area contributed by atoms with Crippen LogP contribution in [0.3, 0.4) is 0 Å². The molecule has 1 aliphatic heterocycles. The molecule has 0 radical (unpaired) electrons. The van der Waals surface area contributed by atoms with Gasteiger partial charge in [-0.2, -0.15) is 0 Å². The van der Waals surface area contributed by atoms with E-state index >= 15 is 0 Å². The highest BCUT2D eigenvalue weighted by molar-refractivity contribution is 5.89. The molecule has 0 aromatic carbocycles.